The molecule has 0 aliphatic carbocycles. The Balaban J connectivity index is 1.92. The number of hydrogen-bond acceptors (Lipinski definition) is 3. The van der Waals surface area contributed by atoms with E-state index in [0.717, 1.165) is 22.2 Å². The maximum Gasteiger partial charge on any atom is 0.326 e. The Morgan fingerprint density at radius 1 is 1.47 bits per heavy atom. The van der Waals surface area contributed by atoms with Crippen LogP contribution in [0.1, 0.15) is 30.6 Å². The average molecular weight is 346 g/mol. The monoisotopic (exact) mass is 345 g/mol. The number of carboxylic acid groups (broad SMARTS) is 1. The van der Waals surface area contributed by atoms with Gasteiger partial charge in [-0.2, -0.15) is 0 Å². The Morgan fingerprint density at radius 2 is 2.26 bits per heavy atom. The summed E-state index contributed by atoms with van der Waals surface area (Å²) in [6.45, 7) is 0.573. The fourth-order valence-electron chi connectivity index (χ4n) is 2.35. The van der Waals surface area contributed by atoms with Gasteiger partial charge in [-0.15, -0.1) is 11.3 Å². The van der Waals surface area contributed by atoms with Gasteiger partial charge in [0.15, 0.2) is 0 Å². The molecule has 1 N–H and O–H groups in total. The number of nitrogens with zero attached hydrogens (tertiary/aromatic N) is 1. The van der Waals surface area contributed by atoms with Crippen LogP contribution in [0.2, 0.25) is 0 Å². The van der Waals surface area contributed by atoms with Crippen LogP contribution in [0.5, 0.6) is 0 Å². The number of hydrogen-bond donors (Lipinski definition) is 1. The first kappa shape index (κ1) is 14.5. The van der Waals surface area contributed by atoms with E-state index in [9.17, 15) is 9.59 Å². The van der Waals surface area contributed by atoms with Crippen molar-refractivity contribution in [2.45, 2.75) is 38.1 Å². The molecular weight excluding hydrogens is 330 g/mol. The number of likely N-dealkylation sites (tertiary alicyclic amines) is 1. The lowest BCUT2D eigenvalue weighted by Crippen LogP contribution is -2.48. The molecule has 1 aliphatic rings. The third kappa shape index (κ3) is 3.79. The van der Waals surface area contributed by atoms with E-state index < -0.39 is 12.0 Å². The van der Waals surface area contributed by atoms with Gasteiger partial charge in [0, 0.05) is 27.7 Å². The van der Waals surface area contributed by atoms with Crippen LogP contribution >= 0.6 is 27.3 Å². The largest absolute Gasteiger partial charge is 0.480 e. The van der Waals surface area contributed by atoms with Gasteiger partial charge in [-0.25, -0.2) is 4.79 Å². The Labute approximate surface area is 124 Å². The zero-order valence-corrected chi connectivity index (χ0v) is 12.9. The molecule has 1 amide bonds. The Hall–Kier alpha value is -0.880. The molecule has 0 radical (unpaired) electrons. The third-order valence-corrected chi connectivity index (χ3v) is 5.07. The number of carbonyl (C=O) groups excluding carboxylic acids is 1. The van der Waals surface area contributed by atoms with Crippen molar-refractivity contribution in [3.63, 3.8) is 0 Å². The molecular formula is C13H16BrNO3S. The average Bonchev–Trinajstić information content (AvgIpc) is 2.81. The van der Waals surface area contributed by atoms with E-state index in [2.05, 4.69) is 15.9 Å². The van der Waals surface area contributed by atoms with Crippen LogP contribution in [0.4, 0.5) is 0 Å². The second kappa shape index (κ2) is 6.52. The van der Waals surface area contributed by atoms with Gasteiger partial charge in [-0.3, -0.25) is 4.79 Å². The number of halogens is 1. The quantitative estimate of drug-likeness (QED) is 0.912. The van der Waals surface area contributed by atoms with E-state index in [1.807, 2.05) is 11.4 Å². The first-order valence-electron chi connectivity index (χ1n) is 6.33. The minimum atomic E-state index is -0.882. The molecule has 0 bridgehead atoms. The maximum absolute atomic E-state index is 12.1. The van der Waals surface area contributed by atoms with E-state index in [1.165, 1.54) is 4.90 Å². The van der Waals surface area contributed by atoms with Crippen LogP contribution in [-0.2, 0) is 16.0 Å². The highest BCUT2D eigenvalue weighted by atomic mass is 79.9. The van der Waals surface area contributed by atoms with Gasteiger partial charge in [0.2, 0.25) is 5.91 Å². The van der Waals surface area contributed by atoms with Gasteiger partial charge in [-0.05, 0) is 47.7 Å². The molecule has 1 aromatic rings. The summed E-state index contributed by atoms with van der Waals surface area (Å²) in [4.78, 5) is 26.0. The van der Waals surface area contributed by atoms with Gasteiger partial charge in [0.1, 0.15) is 6.04 Å². The number of aliphatic carboxylic acids is 1. The topological polar surface area (TPSA) is 57.6 Å². The van der Waals surface area contributed by atoms with E-state index in [-0.39, 0.29) is 5.91 Å². The van der Waals surface area contributed by atoms with Crippen molar-refractivity contribution in [2.24, 2.45) is 0 Å². The van der Waals surface area contributed by atoms with Gasteiger partial charge < -0.3 is 10.0 Å². The number of aryl methyl sites for hydroxylation is 1. The van der Waals surface area contributed by atoms with E-state index in [1.54, 1.807) is 11.3 Å². The maximum atomic E-state index is 12.1. The summed E-state index contributed by atoms with van der Waals surface area (Å²) in [5.41, 5.74) is 0. The molecule has 1 atom stereocenters. The van der Waals surface area contributed by atoms with Crippen molar-refractivity contribution in [1.29, 1.82) is 0 Å². The van der Waals surface area contributed by atoms with Crippen LogP contribution in [-0.4, -0.2) is 34.5 Å². The molecule has 0 spiro atoms. The molecule has 104 valence electrons. The van der Waals surface area contributed by atoms with Crippen LogP contribution in [0.15, 0.2) is 15.9 Å². The number of thiophene rings is 1. The van der Waals surface area contributed by atoms with E-state index >= 15 is 0 Å². The summed E-state index contributed by atoms with van der Waals surface area (Å²) in [6.07, 6.45) is 3.43. The highest BCUT2D eigenvalue weighted by Gasteiger charge is 2.31. The molecule has 1 aromatic heterocycles. The summed E-state index contributed by atoms with van der Waals surface area (Å²) >= 11 is 4.99. The van der Waals surface area contributed by atoms with Crippen LogP contribution in [0.3, 0.4) is 0 Å². The molecule has 2 rings (SSSR count). The summed E-state index contributed by atoms with van der Waals surface area (Å²) in [5.74, 6) is -0.927. The summed E-state index contributed by atoms with van der Waals surface area (Å²) in [6, 6.07) is 1.37. The molecule has 1 fully saturated rings. The van der Waals surface area contributed by atoms with Crippen LogP contribution < -0.4 is 0 Å². The molecule has 0 saturated carbocycles. The SMILES string of the molecule is O=C(O)[C@H]1CCCCN1C(=O)CCc1cc(Br)cs1. The predicted octanol–water partition coefficient (Wildman–Crippen LogP) is 2.91. The fourth-order valence-corrected chi connectivity index (χ4v) is 3.80. The van der Waals surface area contributed by atoms with Gasteiger partial charge in [0.05, 0.1) is 0 Å². The number of carboxylic acids is 1. The molecule has 0 aromatic carbocycles. The lowest BCUT2D eigenvalue weighted by atomic mass is 10.0. The molecule has 2 heterocycles. The van der Waals surface area contributed by atoms with Crippen molar-refractivity contribution < 1.29 is 14.7 Å². The number of piperidine rings is 1. The zero-order valence-electron chi connectivity index (χ0n) is 10.5. The number of rotatable bonds is 4. The highest BCUT2D eigenvalue weighted by molar-refractivity contribution is 9.10. The predicted molar refractivity (Wildman–Crippen MR) is 77.3 cm³/mol. The summed E-state index contributed by atoms with van der Waals surface area (Å²) < 4.78 is 1.03. The third-order valence-electron chi connectivity index (χ3n) is 3.32. The Kier molecular flexibility index (Phi) is 4.99. The summed E-state index contributed by atoms with van der Waals surface area (Å²) in [5, 5.41) is 11.1. The Morgan fingerprint density at radius 3 is 2.89 bits per heavy atom. The van der Waals surface area contributed by atoms with Crippen molar-refractivity contribution in [3.05, 3.63) is 20.8 Å². The second-order valence-corrected chi connectivity index (χ2v) is 6.58. The van der Waals surface area contributed by atoms with Crippen molar-refractivity contribution in [3.8, 4) is 0 Å². The smallest absolute Gasteiger partial charge is 0.326 e. The standard InChI is InChI=1S/C13H16BrNO3S/c14-9-7-10(19-8-9)4-5-12(16)15-6-2-1-3-11(15)13(17)18/h7-8,11H,1-6H2,(H,17,18)/t11-/m1/s1. The Bertz CT molecular complexity index is 474. The number of amides is 1. The van der Waals surface area contributed by atoms with Crippen molar-refractivity contribution in [1.82, 2.24) is 4.90 Å². The normalized spacial score (nSPS) is 19.4. The molecule has 4 nitrogen and oxygen atoms in total. The zero-order chi connectivity index (χ0) is 13.8. The minimum Gasteiger partial charge on any atom is -0.480 e. The lowest BCUT2D eigenvalue weighted by molar-refractivity contribution is -0.152. The lowest BCUT2D eigenvalue weighted by Gasteiger charge is -2.33. The first-order chi connectivity index (χ1) is 9.08. The second-order valence-electron chi connectivity index (χ2n) is 4.67. The molecule has 19 heavy (non-hydrogen) atoms. The van der Waals surface area contributed by atoms with Gasteiger partial charge in [-0.1, -0.05) is 0 Å². The molecule has 6 heteroatoms. The number of carbonyl (C=O) groups is 2. The first-order valence-corrected chi connectivity index (χ1v) is 8.00. The van der Waals surface area contributed by atoms with Crippen molar-refractivity contribution in [2.75, 3.05) is 6.54 Å². The van der Waals surface area contributed by atoms with Crippen LogP contribution in [0.25, 0.3) is 0 Å². The van der Waals surface area contributed by atoms with Crippen molar-refractivity contribution >= 4 is 39.1 Å². The van der Waals surface area contributed by atoms with E-state index in [4.69, 9.17) is 5.11 Å². The highest BCUT2D eigenvalue weighted by Crippen LogP contribution is 2.23. The fraction of sp³-hybridized carbons (Fsp3) is 0.538. The van der Waals surface area contributed by atoms with Crippen LogP contribution in [0, 0.1) is 0 Å². The molecule has 0 unspecified atom stereocenters. The molecule has 1 aliphatic heterocycles. The van der Waals surface area contributed by atoms with Gasteiger partial charge >= 0.3 is 5.97 Å². The van der Waals surface area contributed by atoms with Gasteiger partial charge in [0.25, 0.3) is 0 Å². The van der Waals surface area contributed by atoms with E-state index in [0.29, 0.717) is 25.8 Å². The minimum absolute atomic E-state index is 0.0448. The molecule has 1 saturated heterocycles. The summed E-state index contributed by atoms with van der Waals surface area (Å²) in [7, 11) is 0.